The molecule has 0 aliphatic carbocycles. The van der Waals surface area contributed by atoms with Crippen molar-refractivity contribution in [1.82, 2.24) is 10.1 Å². The monoisotopic (exact) mass is 294 g/mol. The van der Waals surface area contributed by atoms with Gasteiger partial charge in [-0.05, 0) is 37.9 Å². The second-order valence-electron chi connectivity index (χ2n) is 5.31. The molecule has 0 amide bonds. The molecule has 2 heterocycles. The summed E-state index contributed by atoms with van der Waals surface area (Å²) < 4.78 is 33.9. The van der Waals surface area contributed by atoms with Gasteiger partial charge < -0.3 is 9.84 Å². The third-order valence-electron chi connectivity index (χ3n) is 3.91. The van der Waals surface area contributed by atoms with Crippen molar-refractivity contribution < 1.29 is 13.3 Å². The van der Waals surface area contributed by atoms with E-state index in [4.69, 9.17) is 4.52 Å². The number of hydrogen-bond acceptors (Lipinski definition) is 3. The van der Waals surface area contributed by atoms with Crippen LogP contribution < -0.4 is 10.9 Å². The number of nitrogens with one attached hydrogen (secondary N) is 1. The number of piperidine rings is 1. The van der Waals surface area contributed by atoms with E-state index in [-0.39, 0.29) is 29.6 Å². The Morgan fingerprint density at radius 2 is 2.05 bits per heavy atom. The summed E-state index contributed by atoms with van der Waals surface area (Å²) >= 11 is 0. The van der Waals surface area contributed by atoms with E-state index >= 15 is 0 Å². The van der Waals surface area contributed by atoms with Gasteiger partial charge in [-0.15, -0.1) is 0 Å². The fourth-order valence-electron chi connectivity index (χ4n) is 2.87. The van der Waals surface area contributed by atoms with E-state index in [1.165, 1.54) is 35.3 Å². The predicted molar refractivity (Wildman–Crippen MR) is 73.1 cm³/mol. The maximum absolute atomic E-state index is 13.7. The van der Waals surface area contributed by atoms with Crippen LogP contribution in [0.15, 0.2) is 39.8 Å². The first-order chi connectivity index (χ1) is 10.1. The highest BCUT2D eigenvalue weighted by Gasteiger charge is 2.26. The summed E-state index contributed by atoms with van der Waals surface area (Å²) in [5.41, 5.74) is -0.0971. The molecule has 0 unspecified atom stereocenters. The van der Waals surface area contributed by atoms with Crippen LogP contribution in [0.2, 0.25) is 0 Å². The van der Waals surface area contributed by atoms with Gasteiger partial charge in [0.2, 0.25) is 0 Å². The highest BCUT2D eigenvalue weighted by Crippen LogP contribution is 2.24. The van der Waals surface area contributed by atoms with Crippen molar-refractivity contribution in [2.45, 2.75) is 31.3 Å². The molecule has 21 heavy (non-hydrogen) atoms. The number of rotatable bonds is 3. The SMILES string of the molecule is O=c1ccon1[C@@H]1CCN[C@@H](Cc2c(F)cccc2F)C1. The fraction of sp³-hybridized carbons (Fsp3) is 0.400. The molecule has 1 fully saturated rings. The molecular weight excluding hydrogens is 278 g/mol. The quantitative estimate of drug-likeness (QED) is 0.944. The smallest absolute Gasteiger partial charge is 0.282 e. The molecule has 0 spiro atoms. The molecule has 2 aromatic rings. The van der Waals surface area contributed by atoms with Crippen molar-refractivity contribution >= 4 is 0 Å². The first kappa shape index (κ1) is 14.0. The molecule has 112 valence electrons. The molecule has 1 aromatic carbocycles. The number of halogens is 2. The lowest BCUT2D eigenvalue weighted by atomic mass is 9.94. The Morgan fingerprint density at radius 3 is 2.71 bits per heavy atom. The standard InChI is InChI=1S/C15H16F2N2O2/c16-13-2-1-3-14(17)12(13)9-10-8-11(4-6-18-10)19-15(20)5-7-21-19/h1-3,5,7,10-11,18H,4,6,8-9H2/t10-,11-/m1/s1. The van der Waals surface area contributed by atoms with Crippen molar-refractivity contribution in [2.75, 3.05) is 6.54 Å². The van der Waals surface area contributed by atoms with Gasteiger partial charge in [0.05, 0.1) is 6.04 Å². The molecular formula is C15H16F2N2O2. The molecule has 1 N–H and O–H groups in total. The number of hydrogen-bond donors (Lipinski definition) is 1. The van der Waals surface area contributed by atoms with Crippen LogP contribution in [-0.2, 0) is 6.42 Å². The summed E-state index contributed by atoms with van der Waals surface area (Å²) in [7, 11) is 0. The average molecular weight is 294 g/mol. The van der Waals surface area contributed by atoms with E-state index in [1.807, 2.05) is 0 Å². The van der Waals surface area contributed by atoms with E-state index in [9.17, 15) is 13.6 Å². The normalized spacial score (nSPS) is 22.4. The Bertz CT molecular complexity index is 660. The summed E-state index contributed by atoms with van der Waals surface area (Å²) in [6, 6.07) is 5.08. The molecule has 1 aromatic heterocycles. The van der Waals surface area contributed by atoms with Gasteiger partial charge in [0.25, 0.3) is 5.56 Å². The second-order valence-corrected chi connectivity index (χ2v) is 5.31. The first-order valence-electron chi connectivity index (χ1n) is 6.98. The minimum Gasteiger partial charge on any atom is -0.384 e. The first-order valence-corrected chi connectivity index (χ1v) is 6.98. The minimum absolute atomic E-state index is 0.0754. The number of benzene rings is 1. The van der Waals surface area contributed by atoms with Crippen LogP contribution in [0.25, 0.3) is 0 Å². The van der Waals surface area contributed by atoms with Crippen molar-refractivity contribution in [2.24, 2.45) is 0 Å². The molecule has 1 aliphatic rings. The van der Waals surface area contributed by atoms with Gasteiger partial charge in [0.15, 0.2) is 0 Å². The molecule has 0 radical (unpaired) electrons. The van der Waals surface area contributed by atoms with Crippen LogP contribution in [0.3, 0.4) is 0 Å². The Hall–Kier alpha value is -1.95. The van der Waals surface area contributed by atoms with Crippen LogP contribution in [0.1, 0.15) is 24.4 Å². The zero-order valence-corrected chi connectivity index (χ0v) is 11.4. The molecule has 0 saturated carbocycles. The van der Waals surface area contributed by atoms with Gasteiger partial charge in [-0.25, -0.2) is 8.78 Å². The van der Waals surface area contributed by atoms with Crippen LogP contribution in [0.4, 0.5) is 8.78 Å². The zero-order valence-electron chi connectivity index (χ0n) is 11.4. The molecule has 6 heteroatoms. The highest BCUT2D eigenvalue weighted by atomic mass is 19.1. The molecule has 4 nitrogen and oxygen atoms in total. The molecule has 1 saturated heterocycles. The molecule has 2 atom stereocenters. The average Bonchev–Trinajstić information content (AvgIpc) is 2.90. The topological polar surface area (TPSA) is 47.2 Å². The van der Waals surface area contributed by atoms with Crippen molar-refractivity contribution in [3.63, 3.8) is 0 Å². The Kier molecular flexibility index (Phi) is 3.88. The predicted octanol–water partition coefficient (Wildman–Crippen LogP) is 2.26. The van der Waals surface area contributed by atoms with Crippen molar-refractivity contribution in [1.29, 1.82) is 0 Å². The van der Waals surface area contributed by atoms with Crippen LogP contribution in [0.5, 0.6) is 0 Å². The van der Waals surface area contributed by atoms with Crippen LogP contribution in [-0.4, -0.2) is 17.3 Å². The van der Waals surface area contributed by atoms with Crippen molar-refractivity contribution in [3.8, 4) is 0 Å². The summed E-state index contributed by atoms with van der Waals surface area (Å²) in [5.74, 6) is -1.07. The number of aromatic nitrogens is 1. The fourth-order valence-corrected chi connectivity index (χ4v) is 2.87. The summed E-state index contributed by atoms with van der Waals surface area (Å²) in [6.07, 6.45) is 2.96. The number of nitrogens with zero attached hydrogens (tertiary/aromatic N) is 1. The van der Waals surface area contributed by atoms with Crippen LogP contribution in [0, 0.1) is 11.6 Å². The second kappa shape index (κ2) is 5.81. The Morgan fingerprint density at radius 1 is 1.29 bits per heavy atom. The van der Waals surface area contributed by atoms with Crippen molar-refractivity contribution in [3.05, 3.63) is 58.1 Å². The lowest BCUT2D eigenvalue weighted by Crippen LogP contribution is -2.41. The van der Waals surface area contributed by atoms with Gasteiger partial charge >= 0.3 is 0 Å². The van der Waals surface area contributed by atoms with Gasteiger partial charge in [0, 0.05) is 17.7 Å². The maximum Gasteiger partial charge on any atom is 0.282 e. The molecule has 0 bridgehead atoms. The van der Waals surface area contributed by atoms with Gasteiger partial charge in [0.1, 0.15) is 17.9 Å². The van der Waals surface area contributed by atoms with E-state index in [2.05, 4.69) is 5.32 Å². The van der Waals surface area contributed by atoms with Gasteiger partial charge in [-0.2, -0.15) is 4.74 Å². The van der Waals surface area contributed by atoms with E-state index < -0.39 is 11.6 Å². The maximum atomic E-state index is 13.7. The van der Waals surface area contributed by atoms with Gasteiger partial charge in [-0.1, -0.05) is 6.07 Å². The molecule has 3 rings (SSSR count). The third kappa shape index (κ3) is 2.90. The third-order valence-corrected chi connectivity index (χ3v) is 3.91. The highest BCUT2D eigenvalue weighted by molar-refractivity contribution is 5.21. The minimum atomic E-state index is -0.533. The summed E-state index contributed by atoms with van der Waals surface area (Å²) in [5, 5.41) is 3.24. The zero-order chi connectivity index (χ0) is 14.8. The lowest BCUT2D eigenvalue weighted by molar-refractivity contribution is 0.160. The summed E-state index contributed by atoms with van der Waals surface area (Å²) in [4.78, 5) is 11.6. The Labute approximate surface area is 120 Å². The van der Waals surface area contributed by atoms with Crippen LogP contribution >= 0.6 is 0 Å². The lowest BCUT2D eigenvalue weighted by Gasteiger charge is -2.30. The summed E-state index contributed by atoms with van der Waals surface area (Å²) in [6.45, 7) is 0.679. The van der Waals surface area contributed by atoms with E-state index in [1.54, 1.807) is 0 Å². The van der Waals surface area contributed by atoms with Gasteiger partial charge in [-0.3, -0.25) is 4.79 Å². The Balaban J connectivity index is 1.75. The molecule has 1 aliphatic heterocycles. The van der Waals surface area contributed by atoms with E-state index in [0.29, 0.717) is 13.0 Å². The van der Waals surface area contributed by atoms with E-state index in [0.717, 1.165) is 6.42 Å². The largest absolute Gasteiger partial charge is 0.384 e.